The molecule has 0 aliphatic rings. The van der Waals surface area contributed by atoms with Crippen molar-refractivity contribution in [3.63, 3.8) is 0 Å². The molecular formula is C24H17F4N3O2. The van der Waals surface area contributed by atoms with Crippen molar-refractivity contribution < 1.29 is 22.3 Å². The Labute approximate surface area is 185 Å². The smallest absolute Gasteiger partial charge is 0.403 e. The van der Waals surface area contributed by atoms with Gasteiger partial charge in [0, 0.05) is 5.56 Å². The third-order valence-corrected chi connectivity index (χ3v) is 4.78. The minimum atomic E-state index is -4.89. The van der Waals surface area contributed by atoms with Crippen LogP contribution in [0.2, 0.25) is 0 Å². The first-order valence-electron chi connectivity index (χ1n) is 9.80. The molecule has 0 aliphatic heterocycles. The molecule has 168 valence electrons. The molecule has 4 aromatic rings. The Morgan fingerprint density at radius 2 is 1.58 bits per heavy atom. The molecule has 0 amide bonds. The maximum atomic E-state index is 13.4. The molecule has 0 radical (unpaired) electrons. The number of para-hydroxylation sites is 2. The van der Waals surface area contributed by atoms with Crippen LogP contribution in [0.25, 0.3) is 16.9 Å². The monoisotopic (exact) mass is 455 g/mol. The van der Waals surface area contributed by atoms with Crippen molar-refractivity contribution in [1.29, 1.82) is 0 Å². The first-order valence-corrected chi connectivity index (χ1v) is 9.80. The van der Waals surface area contributed by atoms with E-state index in [-0.39, 0.29) is 17.0 Å². The Kier molecular flexibility index (Phi) is 5.87. The number of benzene rings is 3. The van der Waals surface area contributed by atoms with Crippen molar-refractivity contribution >= 4 is 11.4 Å². The van der Waals surface area contributed by atoms with Crippen LogP contribution in [0, 0.1) is 5.82 Å². The highest BCUT2D eigenvalue weighted by Crippen LogP contribution is 2.33. The molecule has 1 aromatic heterocycles. The van der Waals surface area contributed by atoms with Gasteiger partial charge in [0.25, 0.3) is 5.56 Å². The van der Waals surface area contributed by atoms with E-state index < -0.39 is 23.5 Å². The molecule has 1 heterocycles. The lowest BCUT2D eigenvalue weighted by atomic mass is 10.1. The van der Waals surface area contributed by atoms with Crippen LogP contribution in [0.1, 0.15) is 12.5 Å². The van der Waals surface area contributed by atoms with E-state index in [2.05, 4.69) is 14.8 Å². The molecular weight excluding hydrogens is 438 g/mol. The zero-order chi connectivity index (χ0) is 23.6. The fraction of sp³-hybridized carbons (Fsp3) is 0.0833. The largest absolute Gasteiger partial charge is 0.573 e. The minimum absolute atomic E-state index is 0.0831. The molecule has 0 bridgehead atoms. The fourth-order valence-electron chi connectivity index (χ4n) is 3.36. The summed E-state index contributed by atoms with van der Waals surface area (Å²) in [5.41, 5.74) is 1.23. The number of aromatic nitrogens is 2. The number of hydrogen-bond acceptors (Lipinski definition) is 3. The molecule has 33 heavy (non-hydrogen) atoms. The standard InChI is InChI=1S/C24H17F4N3O2/c1-15(29-19-9-5-6-10-20(19)33-24(26,27)28)21-22(16-7-3-2-4-8-16)30-31(23(21)32)18-13-11-17(25)12-14-18/h2-14,30H,1H3. The number of rotatable bonds is 5. The van der Waals surface area contributed by atoms with E-state index in [1.54, 1.807) is 24.3 Å². The number of aromatic amines is 1. The van der Waals surface area contributed by atoms with E-state index in [0.717, 1.165) is 6.07 Å². The first-order chi connectivity index (χ1) is 15.7. The lowest BCUT2D eigenvalue weighted by molar-refractivity contribution is -0.274. The Morgan fingerprint density at radius 3 is 2.24 bits per heavy atom. The van der Waals surface area contributed by atoms with E-state index in [1.165, 1.54) is 54.1 Å². The molecule has 0 saturated heterocycles. The summed E-state index contributed by atoms with van der Waals surface area (Å²) in [6.45, 7) is 1.52. The average Bonchev–Trinajstić information content (AvgIpc) is 3.12. The van der Waals surface area contributed by atoms with Crippen LogP contribution >= 0.6 is 0 Å². The van der Waals surface area contributed by atoms with Gasteiger partial charge in [-0.3, -0.25) is 9.89 Å². The highest BCUT2D eigenvalue weighted by atomic mass is 19.4. The van der Waals surface area contributed by atoms with Crippen molar-refractivity contribution in [1.82, 2.24) is 9.78 Å². The van der Waals surface area contributed by atoms with Gasteiger partial charge in [-0.15, -0.1) is 13.2 Å². The van der Waals surface area contributed by atoms with E-state index in [0.29, 0.717) is 16.9 Å². The zero-order valence-corrected chi connectivity index (χ0v) is 17.2. The molecule has 0 fully saturated rings. The Morgan fingerprint density at radius 1 is 0.939 bits per heavy atom. The fourth-order valence-corrected chi connectivity index (χ4v) is 3.36. The number of hydrogen-bond donors (Lipinski definition) is 1. The van der Waals surface area contributed by atoms with Gasteiger partial charge >= 0.3 is 6.36 Å². The molecule has 4 rings (SSSR count). The molecule has 0 saturated carbocycles. The highest BCUT2D eigenvalue weighted by Gasteiger charge is 2.32. The molecule has 0 spiro atoms. The third-order valence-electron chi connectivity index (χ3n) is 4.78. The number of H-pyrrole nitrogens is 1. The van der Waals surface area contributed by atoms with Crippen LogP contribution in [-0.4, -0.2) is 21.9 Å². The molecule has 1 N–H and O–H groups in total. The van der Waals surface area contributed by atoms with Gasteiger partial charge in [-0.1, -0.05) is 42.5 Å². The summed E-state index contributed by atoms with van der Waals surface area (Å²) in [5.74, 6) is -0.944. The summed E-state index contributed by atoms with van der Waals surface area (Å²) < 4.78 is 57.1. The molecule has 0 atom stereocenters. The van der Waals surface area contributed by atoms with Crippen LogP contribution in [0.4, 0.5) is 23.2 Å². The third kappa shape index (κ3) is 4.87. The molecule has 9 heteroatoms. The van der Waals surface area contributed by atoms with Gasteiger partial charge in [-0.25, -0.2) is 14.1 Å². The summed E-state index contributed by atoms with van der Waals surface area (Å²) in [5, 5.41) is 3.01. The lowest BCUT2D eigenvalue weighted by Gasteiger charge is -2.11. The zero-order valence-electron chi connectivity index (χ0n) is 17.2. The molecule has 3 aromatic carbocycles. The topological polar surface area (TPSA) is 59.4 Å². The predicted octanol–water partition coefficient (Wildman–Crippen LogP) is 6.01. The summed E-state index contributed by atoms with van der Waals surface area (Å²) in [6.07, 6.45) is -4.89. The van der Waals surface area contributed by atoms with E-state index >= 15 is 0 Å². The number of nitrogens with one attached hydrogen (secondary N) is 1. The Bertz CT molecular complexity index is 1360. The highest BCUT2D eigenvalue weighted by molar-refractivity contribution is 6.05. The van der Waals surface area contributed by atoms with E-state index in [1.807, 2.05) is 6.07 Å². The van der Waals surface area contributed by atoms with Crippen LogP contribution in [0.5, 0.6) is 5.75 Å². The van der Waals surface area contributed by atoms with Crippen molar-refractivity contribution in [2.24, 2.45) is 4.99 Å². The number of alkyl halides is 3. The van der Waals surface area contributed by atoms with Gasteiger partial charge in [-0.05, 0) is 43.3 Å². The maximum absolute atomic E-state index is 13.4. The lowest BCUT2D eigenvalue weighted by Crippen LogP contribution is -2.19. The van der Waals surface area contributed by atoms with Crippen LogP contribution in [0.15, 0.2) is 88.6 Å². The number of nitrogens with zero attached hydrogens (tertiary/aromatic N) is 2. The quantitative estimate of drug-likeness (QED) is 0.296. The molecule has 5 nitrogen and oxygen atoms in total. The van der Waals surface area contributed by atoms with Crippen molar-refractivity contribution in [2.75, 3.05) is 0 Å². The van der Waals surface area contributed by atoms with Crippen molar-refractivity contribution in [2.45, 2.75) is 13.3 Å². The summed E-state index contributed by atoms with van der Waals surface area (Å²) >= 11 is 0. The van der Waals surface area contributed by atoms with Gasteiger partial charge in [-0.2, -0.15) is 0 Å². The second-order valence-electron chi connectivity index (χ2n) is 7.06. The normalized spacial score (nSPS) is 12.1. The minimum Gasteiger partial charge on any atom is -0.403 e. The SMILES string of the molecule is CC(=Nc1ccccc1OC(F)(F)F)c1c(-c2ccccc2)[nH]n(-c2ccc(F)cc2)c1=O. The maximum Gasteiger partial charge on any atom is 0.573 e. The summed E-state index contributed by atoms with van der Waals surface area (Å²) in [7, 11) is 0. The number of ether oxygens (including phenoxy) is 1. The first kappa shape index (κ1) is 22.1. The van der Waals surface area contributed by atoms with Crippen molar-refractivity contribution in [3.8, 4) is 22.7 Å². The Hall–Kier alpha value is -4.14. The average molecular weight is 455 g/mol. The molecule has 0 aliphatic carbocycles. The Balaban J connectivity index is 1.88. The summed E-state index contributed by atoms with van der Waals surface area (Å²) in [4.78, 5) is 17.6. The number of halogens is 4. The number of aliphatic imine (C=N–C) groups is 1. The predicted molar refractivity (Wildman–Crippen MR) is 117 cm³/mol. The second-order valence-corrected chi connectivity index (χ2v) is 7.06. The van der Waals surface area contributed by atoms with Gasteiger partial charge in [0.2, 0.25) is 0 Å². The van der Waals surface area contributed by atoms with Crippen LogP contribution in [-0.2, 0) is 0 Å². The van der Waals surface area contributed by atoms with E-state index in [4.69, 9.17) is 0 Å². The molecule has 0 unspecified atom stereocenters. The van der Waals surface area contributed by atoms with Gasteiger partial charge < -0.3 is 4.74 Å². The van der Waals surface area contributed by atoms with Gasteiger partial charge in [0.1, 0.15) is 11.5 Å². The van der Waals surface area contributed by atoms with Gasteiger partial charge in [0.15, 0.2) is 5.75 Å². The van der Waals surface area contributed by atoms with Crippen molar-refractivity contribution in [3.05, 3.63) is 101 Å². The van der Waals surface area contributed by atoms with Gasteiger partial charge in [0.05, 0.1) is 22.7 Å². The summed E-state index contributed by atoms with van der Waals surface area (Å²) in [6, 6.07) is 19.6. The van der Waals surface area contributed by atoms with Crippen LogP contribution in [0.3, 0.4) is 0 Å². The van der Waals surface area contributed by atoms with Crippen LogP contribution < -0.4 is 10.3 Å². The second kappa shape index (κ2) is 8.78. The van der Waals surface area contributed by atoms with E-state index in [9.17, 15) is 22.4 Å².